The second-order valence-corrected chi connectivity index (χ2v) is 9.29. The van der Waals surface area contributed by atoms with Crippen molar-refractivity contribution in [1.29, 1.82) is 0 Å². The molecule has 0 unspecified atom stereocenters. The first kappa shape index (κ1) is 23.0. The maximum absolute atomic E-state index is 4.36. The molecular formula is C29H19BN7Pd-3. The third kappa shape index (κ3) is 3.29. The Morgan fingerprint density at radius 1 is 0.711 bits per heavy atom. The number of para-hydroxylation sites is 2. The van der Waals surface area contributed by atoms with E-state index >= 15 is 0 Å². The van der Waals surface area contributed by atoms with Gasteiger partial charge in [0.2, 0.25) is 0 Å². The molecule has 7 nitrogen and oxygen atoms in total. The van der Waals surface area contributed by atoms with Crippen LogP contribution >= 0.6 is 0 Å². The summed E-state index contributed by atoms with van der Waals surface area (Å²) < 4.78 is 0. The van der Waals surface area contributed by atoms with Gasteiger partial charge in [0.1, 0.15) is 0 Å². The summed E-state index contributed by atoms with van der Waals surface area (Å²) >= 11 is 0. The van der Waals surface area contributed by atoms with E-state index in [1.807, 2.05) is 31.0 Å². The molecule has 5 aromatic rings. The molecule has 0 saturated carbocycles. The van der Waals surface area contributed by atoms with Crippen molar-refractivity contribution in [3.05, 3.63) is 104 Å². The van der Waals surface area contributed by atoms with Crippen LogP contribution in [0.25, 0.3) is 27.9 Å². The van der Waals surface area contributed by atoms with Crippen LogP contribution in [0, 0.1) is 18.8 Å². The van der Waals surface area contributed by atoms with Gasteiger partial charge in [-0.15, -0.1) is 35.6 Å². The smallest absolute Gasteiger partial charge is 0.278 e. The van der Waals surface area contributed by atoms with E-state index in [4.69, 9.17) is 0 Å². The molecule has 186 valence electrons. The topological polar surface area (TPSA) is 52.8 Å². The summed E-state index contributed by atoms with van der Waals surface area (Å²) in [6, 6.07) is 33.2. The molecule has 0 saturated heterocycles. The van der Waals surface area contributed by atoms with E-state index in [0.29, 0.717) is 0 Å². The van der Waals surface area contributed by atoms with E-state index in [9.17, 15) is 0 Å². The number of fused-ring (bicyclic) bond motifs is 11. The zero-order chi connectivity index (χ0) is 24.5. The van der Waals surface area contributed by atoms with Gasteiger partial charge < -0.3 is 14.7 Å². The normalized spacial score (nSPS) is 14.3. The molecule has 8 rings (SSSR count). The average Bonchev–Trinajstić information content (AvgIpc) is 3.65. The minimum absolute atomic E-state index is 0. The van der Waals surface area contributed by atoms with Crippen LogP contribution in [-0.2, 0) is 20.4 Å². The number of rotatable bonds is 2. The third-order valence-electron chi connectivity index (χ3n) is 7.20. The Bertz CT molecular complexity index is 1720. The third-order valence-corrected chi connectivity index (χ3v) is 7.20. The Morgan fingerprint density at radius 2 is 1.29 bits per heavy atom. The molecule has 1 aromatic heterocycles. The Morgan fingerprint density at radius 3 is 1.89 bits per heavy atom. The SMILES string of the molecule is CN1[CH-]N(c2[c-]c3c(cc2)-c2ccccc2N2B3c3[c-]c(-n4nccn4)ccc3-c3ccccc32)C=N1.[Pd]. The second kappa shape index (κ2) is 8.69. The van der Waals surface area contributed by atoms with Crippen LogP contribution in [0.2, 0.25) is 0 Å². The van der Waals surface area contributed by atoms with E-state index in [1.54, 1.807) is 22.2 Å². The monoisotopic (exact) mass is 582 g/mol. The van der Waals surface area contributed by atoms with Gasteiger partial charge in [-0.1, -0.05) is 47.5 Å². The van der Waals surface area contributed by atoms with Crippen molar-refractivity contribution in [2.45, 2.75) is 0 Å². The van der Waals surface area contributed by atoms with Gasteiger partial charge in [-0.05, 0) is 24.9 Å². The Labute approximate surface area is 234 Å². The zero-order valence-corrected chi connectivity index (χ0v) is 21.8. The Hall–Kier alpha value is -4.18. The summed E-state index contributed by atoms with van der Waals surface area (Å²) in [6.07, 6.45) is 5.18. The van der Waals surface area contributed by atoms with Gasteiger partial charge >= 0.3 is 0 Å². The standard InChI is InChI=1S/C29H19BN7.Pd/c1-34-19-35(18-33-34)20-10-12-22-24-6-2-4-8-28(24)36-29-9-5-3-7-25(29)23-13-11-21(37-31-14-15-32-37)17-27(23)30(36)26(22)16-20;/h2-15,18-19H,1H3;/q-3;. The quantitative estimate of drug-likeness (QED) is 0.235. The van der Waals surface area contributed by atoms with Crippen molar-refractivity contribution in [2.75, 3.05) is 16.8 Å². The van der Waals surface area contributed by atoms with Crippen LogP contribution in [0.4, 0.5) is 17.1 Å². The van der Waals surface area contributed by atoms with Crippen LogP contribution in [0.5, 0.6) is 0 Å². The molecule has 0 bridgehead atoms. The molecule has 0 radical (unpaired) electrons. The number of hydrogen-bond donors (Lipinski definition) is 0. The molecule has 0 fully saturated rings. The number of hydrazone groups is 1. The maximum Gasteiger partial charge on any atom is 0.278 e. The van der Waals surface area contributed by atoms with Gasteiger partial charge in [-0.25, -0.2) is 5.10 Å². The van der Waals surface area contributed by atoms with Gasteiger partial charge in [0.05, 0.1) is 18.7 Å². The zero-order valence-electron chi connectivity index (χ0n) is 20.3. The summed E-state index contributed by atoms with van der Waals surface area (Å²) in [6.45, 7) is 1.83. The minimum atomic E-state index is -0.123. The fourth-order valence-corrected chi connectivity index (χ4v) is 5.64. The van der Waals surface area contributed by atoms with Crippen molar-refractivity contribution in [1.82, 2.24) is 20.0 Å². The van der Waals surface area contributed by atoms with E-state index < -0.39 is 0 Å². The first-order chi connectivity index (χ1) is 18.3. The van der Waals surface area contributed by atoms with Gasteiger partial charge in [-0.2, -0.15) is 50.2 Å². The predicted molar refractivity (Wildman–Crippen MR) is 147 cm³/mol. The maximum atomic E-state index is 4.36. The molecule has 9 heteroatoms. The van der Waals surface area contributed by atoms with Crippen molar-refractivity contribution >= 4 is 41.2 Å². The largest absolute Gasteiger partial charge is 0.483 e. The first-order valence-corrected chi connectivity index (χ1v) is 12.1. The van der Waals surface area contributed by atoms with Gasteiger partial charge in [-0.3, -0.25) is 0 Å². The van der Waals surface area contributed by atoms with E-state index in [-0.39, 0.29) is 27.3 Å². The molecular weight excluding hydrogens is 564 g/mol. The molecule has 0 N–H and O–H groups in total. The van der Waals surface area contributed by atoms with Gasteiger partial charge in [0.25, 0.3) is 6.85 Å². The fraction of sp³-hybridized carbons (Fsp3) is 0.0345. The van der Waals surface area contributed by atoms with Crippen molar-refractivity contribution in [3.63, 3.8) is 0 Å². The van der Waals surface area contributed by atoms with Crippen LogP contribution < -0.4 is 20.6 Å². The molecule has 3 aliphatic rings. The van der Waals surface area contributed by atoms with Crippen molar-refractivity contribution in [3.8, 4) is 27.9 Å². The Balaban J connectivity index is 0.00000242. The molecule has 0 aliphatic carbocycles. The summed E-state index contributed by atoms with van der Waals surface area (Å²) in [4.78, 5) is 6.05. The molecule has 0 spiro atoms. The number of anilines is 3. The van der Waals surface area contributed by atoms with Gasteiger partial charge in [0, 0.05) is 31.8 Å². The summed E-state index contributed by atoms with van der Waals surface area (Å²) in [5.41, 5.74) is 11.0. The molecule has 38 heavy (non-hydrogen) atoms. The summed E-state index contributed by atoms with van der Waals surface area (Å²) in [5.74, 6) is 0. The first-order valence-electron chi connectivity index (χ1n) is 12.1. The number of aromatic nitrogens is 3. The van der Waals surface area contributed by atoms with Crippen LogP contribution in [0.3, 0.4) is 0 Å². The average molecular weight is 583 g/mol. The number of hydrogen-bond acceptors (Lipinski definition) is 6. The van der Waals surface area contributed by atoms with E-state index in [1.165, 1.54) is 28.1 Å². The van der Waals surface area contributed by atoms with Gasteiger partial charge in [0.15, 0.2) is 0 Å². The molecule has 4 aromatic carbocycles. The summed E-state index contributed by atoms with van der Waals surface area (Å²) in [7, 11) is 1.92. The number of benzene rings is 4. The van der Waals surface area contributed by atoms with Crippen molar-refractivity contribution < 1.29 is 20.4 Å². The van der Waals surface area contributed by atoms with Crippen molar-refractivity contribution in [2.24, 2.45) is 5.10 Å². The number of nitrogens with zero attached hydrogens (tertiary/aromatic N) is 7. The van der Waals surface area contributed by atoms with E-state index in [2.05, 4.69) is 99.0 Å². The summed E-state index contributed by atoms with van der Waals surface area (Å²) in [5, 5.41) is 14.9. The molecule has 0 amide bonds. The van der Waals surface area contributed by atoms with Crippen LogP contribution in [-0.4, -0.2) is 40.2 Å². The predicted octanol–water partition coefficient (Wildman–Crippen LogP) is 3.58. The molecule has 4 heterocycles. The molecule has 3 aliphatic heterocycles. The molecule has 0 atom stereocenters. The van der Waals surface area contributed by atoms with Crippen LogP contribution in [0.1, 0.15) is 0 Å². The fourth-order valence-electron chi connectivity index (χ4n) is 5.64. The van der Waals surface area contributed by atoms with Crippen LogP contribution in [0.15, 0.2) is 90.3 Å². The Kier molecular flexibility index (Phi) is 5.26. The minimum Gasteiger partial charge on any atom is -0.483 e. The second-order valence-electron chi connectivity index (χ2n) is 9.29. The van der Waals surface area contributed by atoms with E-state index in [0.717, 1.165) is 27.9 Å².